The van der Waals surface area contributed by atoms with E-state index in [2.05, 4.69) is 4.74 Å². The second-order valence-electron chi connectivity index (χ2n) is 8.45. The minimum Gasteiger partial charge on any atom is -0.497 e. The lowest BCUT2D eigenvalue weighted by Crippen LogP contribution is -2.59. The molecule has 1 saturated carbocycles. The van der Waals surface area contributed by atoms with Crippen molar-refractivity contribution in [1.82, 2.24) is 0 Å². The molecule has 1 aliphatic rings. The highest BCUT2D eigenvalue weighted by atomic mass is 19.4. The van der Waals surface area contributed by atoms with E-state index in [9.17, 15) is 44.7 Å². The van der Waals surface area contributed by atoms with Gasteiger partial charge in [-0.3, -0.25) is 9.59 Å². The highest BCUT2D eigenvalue weighted by Gasteiger charge is 2.75. The molecule has 0 amide bonds. The summed E-state index contributed by atoms with van der Waals surface area (Å²) < 4.78 is 117. The van der Waals surface area contributed by atoms with Gasteiger partial charge in [-0.25, -0.2) is 8.78 Å². The number of hydrogen-bond donors (Lipinski definition) is 0. The van der Waals surface area contributed by atoms with Gasteiger partial charge in [-0.1, -0.05) is 12.1 Å². The van der Waals surface area contributed by atoms with E-state index in [1.54, 1.807) is 7.11 Å². The SMILES string of the molecule is COc1ccc(C2CCC(OC(=O)CCCC(=O)OCC(F)(F)C(F)(F)C(F)(F)C(F)F)CC2)cc1. The molecule has 0 bridgehead atoms. The van der Waals surface area contributed by atoms with Gasteiger partial charge in [0.2, 0.25) is 0 Å². The van der Waals surface area contributed by atoms with Crippen LogP contribution in [0.4, 0.5) is 35.1 Å². The van der Waals surface area contributed by atoms with Crippen molar-refractivity contribution >= 4 is 11.9 Å². The van der Waals surface area contributed by atoms with Gasteiger partial charge in [0, 0.05) is 12.8 Å². The molecule has 0 saturated heterocycles. The summed E-state index contributed by atoms with van der Waals surface area (Å²) in [5.41, 5.74) is 1.14. The van der Waals surface area contributed by atoms with Crippen molar-refractivity contribution in [2.75, 3.05) is 13.7 Å². The highest BCUT2D eigenvalue weighted by Crippen LogP contribution is 2.48. The smallest absolute Gasteiger partial charge is 0.381 e. The molecule has 1 fully saturated rings. The maximum absolute atomic E-state index is 13.4. The molecular weight excluding hydrogens is 508 g/mol. The third-order valence-electron chi connectivity index (χ3n) is 5.89. The Hall–Kier alpha value is -2.60. The number of alkyl halides is 8. The number of carbonyl (C=O) groups excluding carboxylic acids is 2. The molecule has 0 unspecified atom stereocenters. The molecule has 0 atom stereocenters. The Morgan fingerprint density at radius 2 is 1.47 bits per heavy atom. The predicted octanol–water partition coefficient (Wildman–Crippen LogP) is 6.15. The number of halogens is 8. The van der Waals surface area contributed by atoms with Gasteiger partial charge in [0.1, 0.15) is 11.9 Å². The number of esters is 2. The number of ether oxygens (including phenoxy) is 3. The van der Waals surface area contributed by atoms with Gasteiger partial charge in [0.15, 0.2) is 6.61 Å². The van der Waals surface area contributed by atoms with Crippen LogP contribution in [0.25, 0.3) is 0 Å². The van der Waals surface area contributed by atoms with Crippen LogP contribution in [0.1, 0.15) is 56.4 Å². The summed E-state index contributed by atoms with van der Waals surface area (Å²) in [6, 6.07) is 7.65. The van der Waals surface area contributed by atoms with Crippen molar-refractivity contribution in [1.29, 1.82) is 0 Å². The lowest BCUT2D eigenvalue weighted by molar-refractivity contribution is -0.344. The zero-order chi connectivity index (χ0) is 27.1. The molecule has 2 rings (SSSR count). The van der Waals surface area contributed by atoms with E-state index in [0.29, 0.717) is 18.8 Å². The Bertz CT molecular complexity index is 868. The topological polar surface area (TPSA) is 61.8 Å². The first-order valence-corrected chi connectivity index (χ1v) is 11.1. The van der Waals surface area contributed by atoms with Gasteiger partial charge < -0.3 is 14.2 Å². The maximum atomic E-state index is 13.4. The van der Waals surface area contributed by atoms with Crippen LogP contribution in [0, 0.1) is 0 Å². The van der Waals surface area contributed by atoms with Gasteiger partial charge in [-0.15, -0.1) is 0 Å². The van der Waals surface area contributed by atoms with Gasteiger partial charge in [0.05, 0.1) is 7.11 Å². The van der Waals surface area contributed by atoms with Crippen LogP contribution >= 0.6 is 0 Å². The summed E-state index contributed by atoms with van der Waals surface area (Å²) in [6.45, 7) is -2.52. The van der Waals surface area contributed by atoms with E-state index >= 15 is 0 Å². The van der Waals surface area contributed by atoms with E-state index in [4.69, 9.17) is 9.47 Å². The summed E-state index contributed by atoms with van der Waals surface area (Å²) in [5, 5.41) is 0. The van der Waals surface area contributed by atoms with Crippen molar-refractivity contribution in [3.05, 3.63) is 29.8 Å². The lowest BCUT2D eigenvalue weighted by Gasteiger charge is -2.31. The molecule has 13 heteroatoms. The fourth-order valence-corrected chi connectivity index (χ4v) is 3.73. The first kappa shape index (κ1) is 29.6. The van der Waals surface area contributed by atoms with Gasteiger partial charge >= 0.3 is 36.1 Å². The molecule has 0 radical (unpaired) electrons. The molecule has 1 aromatic rings. The third-order valence-corrected chi connectivity index (χ3v) is 5.89. The van der Waals surface area contributed by atoms with Crippen LogP contribution in [0.3, 0.4) is 0 Å². The van der Waals surface area contributed by atoms with E-state index < -0.39 is 49.2 Å². The summed E-state index contributed by atoms with van der Waals surface area (Å²) in [6.07, 6.45) is -3.84. The zero-order valence-electron chi connectivity index (χ0n) is 19.3. The molecule has 0 aromatic heterocycles. The third kappa shape index (κ3) is 7.22. The molecule has 36 heavy (non-hydrogen) atoms. The number of methoxy groups -OCH3 is 1. The van der Waals surface area contributed by atoms with E-state index in [0.717, 1.165) is 24.2 Å². The van der Waals surface area contributed by atoms with Gasteiger partial charge in [0.25, 0.3) is 0 Å². The highest BCUT2D eigenvalue weighted by molar-refractivity contribution is 5.72. The molecule has 1 aliphatic carbocycles. The van der Waals surface area contributed by atoms with Crippen molar-refractivity contribution in [3.8, 4) is 5.75 Å². The van der Waals surface area contributed by atoms with Crippen molar-refractivity contribution in [2.24, 2.45) is 0 Å². The largest absolute Gasteiger partial charge is 0.497 e. The van der Waals surface area contributed by atoms with Gasteiger partial charge in [-0.05, 0) is 55.7 Å². The second kappa shape index (κ2) is 12.1. The molecule has 5 nitrogen and oxygen atoms in total. The van der Waals surface area contributed by atoms with Crippen LogP contribution < -0.4 is 4.74 Å². The summed E-state index contributed by atoms with van der Waals surface area (Å²) in [7, 11) is 1.57. The molecule has 204 valence electrons. The quantitative estimate of drug-likeness (QED) is 0.238. The Morgan fingerprint density at radius 1 is 0.917 bits per heavy atom. The Morgan fingerprint density at radius 3 is 2.00 bits per heavy atom. The zero-order valence-corrected chi connectivity index (χ0v) is 19.3. The number of hydrogen-bond acceptors (Lipinski definition) is 5. The Labute approximate surface area is 202 Å². The fraction of sp³-hybridized carbons (Fsp3) is 0.652. The number of rotatable bonds is 12. The lowest BCUT2D eigenvalue weighted by atomic mass is 9.83. The number of benzene rings is 1. The second-order valence-corrected chi connectivity index (χ2v) is 8.45. The van der Waals surface area contributed by atoms with Crippen LogP contribution in [-0.4, -0.2) is 56.0 Å². The summed E-state index contributed by atoms with van der Waals surface area (Å²) in [4.78, 5) is 23.5. The molecular formula is C23H26F8O5. The summed E-state index contributed by atoms with van der Waals surface area (Å²) >= 11 is 0. The van der Waals surface area contributed by atoms with E-state index in [1.807, 2.05) is 24.3 Å². The Kier molecular flexibility index (Phi) is 9.95. The van der Waals surface area contributed by atoms with Crippen molar-refractivity contribution in [3.63, 3.8) is 0 Å². The molecule has 0 aliphatic heterocycles. The van der Waals surface area contributed by atoms with E-state index in [-0.39, 0.29) is 18.9 Å². The minimum atomic E-state index is -6.45. The van der Waals surface area contributed by atoms with Crippen molar-refractivity contribution < 1.29 is 58.9 Å². The monoisotopic (exact) mass is 534 g/mol. The minimum absolute atomic E-state index is 0.242. The fourth-order valence-electron chi connectivity index (χ4n) is 3.73. The normalized spacial score (nSPS) is 19.2. The van der Waals surface area contributed by atoms with Crippen LogP contribution in [-0.2, 0) is 19.1 Å². The molecule has 0 spiro atoms. The summed E-state index contributed by atoms with van der Waals surface area (Å²) in [5.74, 6) is -19.6. The average Bonchev–Trinajstić information content (AvgIpc) is 2.83. The molecule has 0 heterocycles. The molecule has 0 N–H and O–H groups in total. The van der Waals surface area contributed by atoms with Crippen molar-refractivity contribution in [2.45, 2.75) is 81.2 Å². The first-order chi connectivity index (χ1) is 16.7. The number of carbonyl (C=O) groups is 2. The first-order valence-electron chi connectivity index (χ1n) is 11.1. The maximum Gasteiger partial charge on any atom is 0.381 e. The average molecular weight is 534 g/mol. The standard InChI is InChI=1S/C23H26F8O5/c1-34-16-9-5-14(6-10-16)15-7-11-17(12-8-15)36-19(33)4-2-3-18(32)35-13-21(26,27)23(30,31)22(28,29)20(24)25/h5-6,9-10,15,17,20H,2-4,7-8,11-13H2,1H3. The molecule has 1 aromatic carbocycles. The van der Waals surface area contributed by atoms with E-state index in [1.165, 1.54) is 0 Å². The van der Waals surface area contributed by atoms with Crippen LogP contribution in [0.2, 0.25) is 0 Å². The van der Waals surface area contributed by atoms with Crippen LogP contribution in [0.5, 0.6) is 5.75 Å². The predicted molar refractivity (Wildman–Crippen MR) is 110 cm³/mol. The Balaban J connectivity index is 1.69. The van der Waals surface area contributed by atoms with Crippen LogP contribution in [0.15, 0.2) is 24.3 Å². The van der Waals surface area contributed by atoms with Gasteiger partial charge in [-0.2, -0.15) is 26.3 Å².